The number of nitrogen functional groups attached to an aromatic ring is 1. The molecule has 3 aliphatic rings. The maximum absolute atomic E-state index is 13.4. The van der Waals surface area contributed by atoms with Crippen LogP contribution in [-0.4, -0.2) is 45.0 Å². The molecule has 0 spiro atoms. The molecular formula is C24H35N3O4S2. The standard InChI is InChI=1S/C24H35N3O4S2/c1-6-22(4)11-16(31-17(29)12-32-21-27-26-20(25)33-21)23(5)13(2)7-9-24(14(3)19(22)30)10-8-15(28)18(23)24/h6,13-14,16,18-19,30H,1,7-12H2,2-5H3,(H2,25,26)/t13-,14+,16-,18+,19+,22-,23+,24+/m1/s1. The van der Waals surface area contributed by atoms with Gasteiger partial charge in [-0.15, -0.1) is 16.8 Å². The lowest BCUT2D eigenvalue weighted by molar-refractivity contribution is -0.205. The number of aliphatic hydroxyl groups excluding tert-OH is 1. The Hall–Kier alpha value is -1.45. The van der Waals surface area contributed by atoms with Crippen LogP contribution in [0.1, 0.15) is 59.8 Å². The summed E-state index contributed by atoms with van der Waals surface area (Å²) in [5, 5.41) is 19.6. The highest BCUT2D eigenvalue weighted by Crippen LogP contribution is 2.68. The molecule has 7 nitrogen and oxygen atoms in total. The molecule has 8 atom stereocenters. The van der Waals surface area contributed by atoms with Crippen LogP contribution in [0.25, 0.3) is 0 Å². The number of nitrogens with zero attached hydrogens (tertiary/aromatic N) is 2. The highest BCUT2D eigenvalue weighted by atomic mass is 32.2. The average molecular weight is 494 g/mol. The maximum Gasteiger partial charge on any atom is 0.316 e. The quantitative estimate of drug-likeness (QED) is 0.358. The monoisotopic (exact) mass is 493 g/mol. The summed E-state index contributed by atoms with van der Waals surface area (Å²) >= 11 is 2.48. The van der Waals surface area contributed by atoms with Crippen LogP contribution in [0.5, 0.6) is 0 Å². The summed E-state index contributed by atoms with van der Waals surface area (Å²) < 4.78 is 6.82. The van der Waals surface area contributed by atoms with Gasteiger partial charge in [0.1, 0.15) is 11.9 Å². The van der Waals surface area contributed by atoms with Crippen molar-refractivity contribution in [3.63, 3.8) is 0 Å². The van der Waals surface area contributed by atoms with Gasteiger partial charge in [-0.1, -0.05) is 56.9 Å². The first-order chi connectivity index (χ1) is 15.5. The van der Waals surface area contributed by atoms with Crippen molar-refractivity contribution in [2.24, 2.45) is 34.0 Å². The predicted octanol–water partition coefficient (Wildman–Crippen LogP) is 4.12. The maximum atomic E-state index is 13.4. The van der Waals surface area contributed by atoms with Gasteiger partial charge in [-0.2, -0.15) is 0 Å². The summed E-state index contributed by atoms with van der Waals surface area (Å²) in [5.41, 5.74) is 4.23. The normalized spacial score (nSPS) is 42.8. The van der Waals surface area contributed by atoms with Crippen molar-refractivity contribution >= 4 is 40.0 Å². The van der Waals surface area contributed by atoms with Gasteiger partial charge >= 0.3 is 5.97 Å². The highest BCUT2D eigenvalue weighted by Gasteiger charge is 2.68. The number of ketones is 1. The van der Waals surface area contributed by atoms with E-state index in [0.29, 0.717) is 22.3 Å². The van der Waals surface area contributed by atoms with Gasteiger partial charge in [0.15, 0.2) is 4.34 Å². The van der Waals surface area contributed by atoms with E-state index in [1.807, 2.05) is 13.0 Å². The molecule has 1 aromatic heterocycles. The van der Waals surface area contributed by atoms with E-state index < -0.39 is 23.0 Å². The van der Waals surface area contributed by atoms with Gasteiger partial charge in [0.2, 0.25) is 5.13 Å². The molecule has 3 aliphatic carbocycles. The van der Waals surface area contributed by atoms with Gasteiger partial charge in [0.05, 0.1) is 11.9 Å². The fraction of sp³-hybridized carbons (Fsp3) is 0.750. The molecule has 0 aromatic carbocycles. The van der Waals surface area contributed by atoms with E-state index in [0.717, 1.165) is 19.3 Å². The Morgan fingerprint density at radius 2 is 2.09 bits per heavy atom. The summed E-state index contributed by atoms with van der Waals surface area (Å²) in [6.45, 7) is 12.5. The van der Waals surface area contributed by atoms with Crippen LogP contribution < -0.4 is 5.73 Å². The molecule has 0 unspecified atom stereocenters. The van der Waals surface area contributed by atoms with Crippen molar-refractivity contribution in [3.05, 3.63) is 12.7 Å². The number of hydrogen-bond donors (Lipinski definition) is 2. The molecule has 0 saturated heterocycles. The number of carbonyl (C=O) groups is 2. The van der Waals surface area contributed by atoms with Crippen LogP contribution in [0.2, 0.25) is 0 Å². The number of aliphatic hydroxyl groups is 1. The Balaban J connectivity index is 1.70. The topological polar surface area (TPSA) is 115 Å². The summed E-state index contributed by atoms with van der Waals surface area (Å²) in [7, 11) is 0. The number of ether oxygens (including phenoxy) is 1. The molecule has 33 heavy (non-hydrogen) atoms. The molecule has 4 rings (SSSR count). The third-order valence-corrected chi connectivity index (χ3v) is 11.2. The first-order valence-corrected chi connectivity index (χ1v) is 13.5. The first kappa shape index (κ1) is 24.7. The van der Waals surface area contributed by atoms with Crippen molar-refractivity contribution < 1.29 is 19.4 Å². The lowest BCUT2D eigenvalue weighted by Gasteiger charge is -2.61. The Morgan fingerprint density at radius 1 is 1.36 bits per heavy atom. The van der Waals surface area contributed by atoms with Crippen molar-refractivity contribution in [3.8, 4) is 0 Å². The van der Waals surface area contributed by atoms with Crippen molar-refractivity contribution in [1.82, 2.24) is 10.2 Å². The fourth-order valence-electron chi connectivity index (χ4n) is 7.09. The minimum absolute atomic E-state index is 0.0427. The molecular weight excluding hydrogens is 458 g/mol. The molecule has 9 heteroatoms. The largest absolute Gasteiger partial charge is 0.461 e. The second-order valence-corrected chi connectivity index (χ2v) is 13.0. The summed E-state index contributed by atoms with van der Waals surface area (Å²) in [5.74, 6) is -0.0700. The first-order valence-electron chi connectivity index (χ1n) is 11.7. The minimum atomic E-state index is -0.665. The van der Waals surface area contributed by atoms with E-state index in [9.17, 15) is 14.7 Å². The number of esters is 1. The SMILES string of the molecule is C=C[C@]1(C)C[C@@H](OC(=O)CSc2nnc(N)s2)[C@]2(C)[C@H](C)CC[C@]3(CCC(=O)[C@H]32)[C@@H](C)[C@@H]1O. The minimum Gasteiger partial charge on any atom is -0.461 e. The third-order valence-electron chi connectivity index (χ3n) is 9.31. The second-order valence-electron chi connectivity index (χ2n) is 10.8. The van der Waals surface area contributed by atoms with E-state index in [1.54, 1.807) is 0 Å². The van der Waals surface area contributed by atoms with E-state index in [-0.39, 0.29) is 40.7 Å². The highest BCUT2D eigenvalue weighted by molar-refractivity contribution is 8.01. The van der Waals surface area contributed by atoms with Crippen LogP contribution in [0.4, 0.5) is 5.13 Å². The van der Waals surface area contributed by atoms with Crippen LogP contribution in [-0.2, 0) is 14.3 Å². The third kappa shape index (κ3) is 3.84. The van der Waals surface area contributed by atoms with E-state index in [2.05, 4.69) is 37.5 Å². The van der Waals surface area contributed by atoms with Crippen LogP contribution in [0, 0.1) is 34.0 Å². The van der Waals surface area contributed by atoms with Gasteiger partial charge < -0.3 is 15.6 Å². The number of hydrogen-bond acceptors (Lipinski definition) is 9. The number of carbonyl (C=O) groups excluding carboxylic acids is 2. The average Bonchev–Trinajstić information content (AvgIpc) is 3.36. The number of nitrogens with two attached hydrogens (primary N) is 1. The molecule has 2 bridgehead atoms. The summed E-state index contributed by atoms with van der Waals surface area (Å²) in [4.78, 5) is 26.4. The number of thioether (sulfide) groups is 1. The zero-order valence-corrected chi connectivity index (χ0v) is 21.5. The summed E-state index contributed by atoms with van der Waals surface area (Å²) in [6, 6.07) is 0. The molecule has 3 saturated carbocycles. The zero-order valence-electron chi connectivity index (χ0n) is 19.9. The predicted molar refractivity (Wildman–Crippen MR) is 130 cm³/mol. The Kier molecular flexibility index (Phi) is 6.46. The van der Waals surface area contributed by atoms with Crippen molar-refractivity contribution in [2.75, 3.05) is 11.5 Å². The molecule has 0 amide bonds. The van der Waals surface area contributed by atoms with Gasteiger partial charge in [0, 0.05) is 23.2 Å². The Bertz CT molecular complexity index is 954. The van der Waals surface area contributed by atoms with Crippen molar-refractivity contribution in [2.45, 2.75) is 76.3 Å². The second kappa shape index (κ2) is 8.64. The molecule has 1 aromatic rings. The van der Waals surface area contributed by atoms with Crippen LogP contribution >= 0.6 is 23.1 Å². The van der Waals surface area contributed by atoms with E-state index in [1.165, 1.54) is 23.1 Å². The lowest BCUT2D eigenvalue weighted by atomic mass is 9.44. The van der Waals surface area contributed by atoms with Crippen LogP contribution in [0.15, 0.2) is 17.0 Å². The number of rotatable bonds is 5. The Labute approximate surface area is 203 Å². The number of aromatic nitrogens is 2. The van der Waals surface area contributed by atoms with E-state index in [4.69, 9.17) is 10.5 Å². The molecule has 0 radical (unpaired) electrons. The fourth-order valence-corrected chi connectivity index (χ4v) is 8.51. The summed E-state index contributed by atoms with van der Waals surface area (Å²) in [6.07, 6.45) is 4.27. The number of Topliss-reactive ketones (excluding diaryl/α,β-unsaturated/α-hetero) is 1. The van der Waals surface area contributed by atoms with Crippen molar-refractivity contribution in [1.29, 1.82) is 0 Å². The molecule has 1 heterocycles. The van der Waals surface area contributed by atoms with E-state index >= 15 is 0 Å². The zero-order chi connectivity index (χ0) is 24.2. The smallest absolute Gasteiger partial charge is 0.316 e. The van der Waals surface area contributed by atoms with Gasteiger partial charge in [0.25, 0.3) is 0 Å². The number of anilines is 1. The van der Waals surface area contributed by atoms with Gasteiger partial charge in [-0.05, 0) is 42.9 Å². The van der Waals surface area contributed by atoms with Gasteiger partial charge in [-0.3, -0.25) is 9.59 Å². The van der Waals surface area contributed by atoms with Crippen LogP contribution in [0.3, 0.4) is 0 Å². The molecule has 182 valence electrons. The Morgan fingerprint density at radius 3 is 2.73 bits per heavy atom. The molecule has 0 aliphatic heterocycles. The molecule has 3 N–H and O–H groups in total. The molecule has 3 fully saturated rings. The van der Waals surface area contributed by atoms with Gasteiger partial charge in [-0.25, -0.2) is 0 Å². The lowest BCUT2D eigenvalue weighted by Crippen LogP contribution is -2.63.